The second-order valence-electron chi connectivity index (χ2n) is 7.19. The first-order valence-corrected chi connectivity index (χ1v) is 18.1. The molecule has 0 aliphatic carbocycles. The summed E-state index contributed by atoms with van der Waals surface area (Å²) in [6, 6.07) is 8.44. The first kappa shape index (κ1) is 21.6. The van der Waals surface area contributed by atoms with Gasteiger partial charge in [0.25, 0.3) is 0 Å². The Balaban J connectivity index is 2.76. The van der Waals surface area contributed by atoms with Crippen molar-refractivity contribution in [2.24, 2.45) is 0 Å². The Hall–Kier alpha value is -0.441. The van der Waals surface area contributed by atoms with E-state index in [1.807, 2.05) is 0 Å². The maximum atomic E-state index is 5.25. The third-order valence-electron chi connectivity index (χ3n) is 5.16. The second-order valence-corrected chi connectivity index (χ2v) is 21.2. The van der Waals surface area contributed by atoms with E-state index < -0.39 is 18.4 Å². The summed E-state index contributed by atoms with van der Waals surface area (Å²) in [5.41, 5.74) is 1.30. The monoisotopic (exact) mass is 438 g/mol. The molecule has 0 aliphatic rings. The number of benzene rings is 1. The van der Waals surface area contributed by atoms with Crippen LogP contribution in [0.15, 0.2) is 30.3 Å². The summed E-state index contributed by atoms with van der Waals surface area (Å²) in [5.74, 6) is 0.939. The summed E-state index contributed by atoms with van der Waals surface area (Å²) in [7, 11) is 1.73. The van der Waals surface area contributed by atoms with Crippen LogP contribution in [-0.2, 0) is 0 Å². The minimum atomic E-state index is -1.99. The fourth-order valence-corrected chi connectivity index (χ4v) is 18.6. The summed E-state index contributed by atoms with van der Waals surface area (Å²) in [6.45, 7) is 7.05. The van der Waals surface area contributed by atoms with Gasteiger partial charge in [-0.15, -0.1) is 0 Å². The number of ether oxygens (including phenoxy) is 1. The molecule has 0 amide bonds. The van der Waals surface area contributed by atoms with Crippen molar-refractivity contribution in [3.8, 4) is 5.75 Å². The van der Waals surface area contributed by atoms with Gasteiger partial charge in [0.2, 0.25) is 0 Å². The molecule has 0 N–H and O–H groups in total. The SMILES string of the molecule is CCC[CH2][Sn]([CH2]/C=C\c1ccc(OC)cc1)([CH2]CCC)[CH2]CCC. The summed E-state index contributed by atoms with van der Waals surface area (Å²) in [4.78, 5) is 0. The molecule has 0 aromatic heterocycles. The molecule has 0 radical (unpaired) electrons. The van der Waals surface area contributed by atoms with E-state index in [-0.39, 0.29) is 0 Å². The molecule has 0 saturated heterocycles. The van der Waals surface area contributed by atoms with E-state index in [0.717, 1.165) is 5.75 Å². The second kappa shape index (κ2) is 12.9. The Morgan fingerprint density at radius 3 is 1.75 bits per heavy atom. The minimum absolute atomic E-state index is 0.939. The number of hydrogen-bond acceptors (Lipinski definition) is 1. The van der Waals surface area contributed by atoms with Gasteiger partial charge in [-0.05, 0) is 0 Å². The van der Waals surface area contributed by atoms with Gasteiger partial charge >= 0.3 is 155 Å². The standard InChI is InChI=1S/C10H11O.3C4H9.Sn/c1-3-4-9-5-7-10(11-2)8-6-9;3*1-3-4-2;/h3-8H,1H2,2H3;3*1,3-4H2,2H3;/b4-3-;;;;. The van der Waals surface area contributed by atoms with Crippen molar-refractivity contribution in [3.63, 3.8) is 0 Å². The average Bonchev–Trinajstić information content (AvgIpc) is 2.63. The van der Waals surface area contributed by atoms with E-state index in [9.17, 15) is 0 Å². The first-order chi connectivity index (χ1) is 11.7. The predicted octanol–water partition coefficient (Wildman–Crippen LogP) is 7.56. The molecule has 24 heavy (non-hydrogen) atoms. The van der Waals surface area contributed by atoms with Crippen LogP contribution in [-0.4, -0.2) is 25.5 Å². The number of methoxy groups -OCH3 is 1. The van der Waals surface area contributed by atoms with Crippen LogP contribution in [0.3, 0.4) is 0 Å². The molecule has 0 saturated carbocycles. The van der Waals surface area contributed by atoms with Gasteiger partial charge in [-0.1, -0.05) is 0 Å². The molecule has 0 heterocycles. The van der Waals surface area contributed by atoms with Gasteiger partial charge in [0.15, 0.2) is 0 Å². The molecule has 0 unspecified atom stereocenters. The molecule has 0 atom stereocenters. The summed E-state index contributed by atoms with van der Waals surface area (Å²) in [6.07, 6.45) is 13.3. The van der Waals surface area contributed by atoms with Crippen molar-refractivity contribution in [2.75, 3.05) is 7.11 Å². The van der Waals surface area contributed by atoms with E-state index in [1.165, 1.54) is 48.5 Å². The molecule has 1 rings (SSSR count). The molecule has 0 spiro atoms. The molecule has 1 aromatic carbocycles. The zero-order valence-electron chi connectivity index (χ0n) is 16.4. The summed E-state index contributed by atoms with van der Waals surface area (Å²) in [5, 5.41) is 0. The van der Waals surface area contributed by atoms with Gasteiger partial charge in [-0.3, -0.25) is 0 Å². The topological polar surface area (TPSA) is 9.23 Å². The molecule has 1 nitrogen and oxygen atoms in total. The van der Waals surface area contributed by atoms with Gasteiger partial charge in [-0.25, -0.2) is 0 Å². The normalized spacial score (nSPS) is 12.0. The van der Waals surface area contributed by atoms with Gasteiger partial charge in [-0.2, -0.15) is 0 Å². The zero-order chi connectivity index (χ0) is 17.7. The third kappa shape index (κ3) is 8.09. The van der Waals surface area contributed by atoms with Crippen LogP contribution in [0.5, 0.6) is 5.75 Å². The van der Waals surface area contributed by atoms with Crippen molar-refractivity contribution in [1.29, 1.82) is 0 Å². The van der Waals surface area contributed by atoms with Crippen LogP contribution in [0.1, 0.15) is 64.9 Å². The third-order valence-corrected chi connectivity index (χ3v) is 20.4. The maximum absolute atomic E-state index is 5.25. The van der Waals surface area contributed by atoms with Gasteiger partial charge in [0.05, 0.1) is 0 Å². The molecular formula is C22H38OSn. The van der Waals surface area contributed by atoms with Crippen molar-refractivity contribution in [1.82, 2.24) is 0 Å². The Morgan fingerprint density at radius 2 is 1.33 bits per heavy atom. The van der Waals surface area contributed by atoms with Crippen LogP contribution in [0.2, 0.25) is 17.7 Å². The van der Waals surface area contributed by atoms with Crippen LogP contribution in [0.4, 0.5) is 0 Å². The van der Waals surface area contributed by atoms with Crippen LogP contribution in [0.25, 0.3) is 6.08 Å². The van der Waals surface area contributed by atoms with Gasteiger partial charge in [0, 0.05) is 0 Å². The van der Waals surface area contributed by atoms with Crippen LogP contribution in [0, 0.1) is 0 Å². The zero-order valence-corrected chi connectivity index (χ0v) is 19.3. The van der Waals surface area contributed by atoms with E-state index in [2.05, 4.69) is 57.2 Å². The van der Waals surface area contributed by atoms with Crippen molar-refractivity contribution < 1.29 is 4.74 Å². The molecule has 136 valence electrons. The quantitative estimate of drug-likeness (QED) is 0.290. The van der Waals surface area contributed by atoms with E-state index in [4.69, 9.17) is 4.74 Å². The molecule has 0 aliphatic heterocycles. The Labute approximate surface area is 154 Å². The van der Waals surface area contributed by atoms with E-state index in [1.54, 1.807) is 20.4 Å². The van der Waals surface area contributed by atoms with Crippen LogP contribution < -0.4 is 4.74 Å². The van der Waals surface area contributed by atoms with Crippen LogP contribution >= 0.6 is 0 Å². The average molecular weight is 437 g/mol. The molecular weight excluding hydrogens is 399 g/mol. The first-order valence-electron chi connectivity index (χ1n) is 10.00. The Bertz CT molecular complexity index is 428. The Morgan fingerprint density at radius 1 is 0.833 bits per heavy atom. The molecule has 0 fully saturated rings. The van der Waals surface area contributed by atoms with Gasteiger partial charge < -0.3 is 0 Å². The van der Waals surface area contributed by atoms with E-state index >= 15 is 0 Å². The number of allylic oxidation sites excluding steroid dienone is 1. The predicted molar refractivity (Wildman–Crippen MR) is 112 cm³/mol. The number of hydrogen-bond donors (Lipinski definition) is 0. The number of rotatable bonds is 13. The van der Waals surface area contributed by atoms with Crippen molar-refractivity contribution in [3.05, 3.63) is 35.9 Å². The summed E-state index contributed by atoms with van der Waals surface area (Å²) >= 11 is -1.99. The fourth-order valence-electron chi connectivity index (χ4n) is 3.50. The molecule has 0 bridgehead atoms. The molecule has 2 heteroatoms. The fraction of sp³-hybridized carbons (Fsp3) is 0.636. The molecule has 1 aromatic rings. The Kier molecular flexibility index (Phi) is 11.6. The van der Waals surface area contributed by atoms with Crippen molar-refractivity contribution >= 4 is 24.5 Å². The number of unbranched alkanes of at least 4 members (excludes halogenated alkanes) is 3. The van der Waals surface area contributed by atoms with E-state index in [0.29, 0.717) is 0 Å². The van der Waals surface area contributed by atoms with Crippen molar-refractivity contribution in [2.45, 2.75) is 77.0 Å². The van der Waals surface area contributed by atoms with Gasteiger partial charge in [0.1, 0.15) is 0 Å². The summed E-state index contributed by atoms with van der Waals surface area (Å²) < 4.78 is 11.5.